The molecule has 31 heavy (non-hydrogen) atoms. The second-order valence-electron chi connectivity index (χ2n) is 9.46. The van der Waals surface area contributed by atoms with Gasteiger partial charge in [-0.1, -0.05) is 19.0 Å². The maximum Gasteiger partial charge on any atom is 0.331 e. The van der Waals surface area contributed by atoms with Crippen LogP contribution < -0.4 is 9.47 Å². The molecule has 174 valence electrons. The normalized spacial score (nSPS) is 13.9. The first-order valence-corrected chi connectivity index (χ1v) is 18.6. The summed E-state index contributed by atoms with van der Waals surface area (Å²) in [5.74, 6) is -0.00316. The van der Waals surface area contributed by atoms with Crippen molar-refractivity contribution in [2.75, 3.05) is 14.2 Å². The van der Waals surface area contributed by atoms with Gasteiger partial charge in [-0.3, -0.25) is 0 Å². The highest BCUT2D eigenvalue weighted by Crippen LogP contribution is 2.29. The van der Waals surface area contributed by atoms with Crippen molar-refractivity contribution < 1.29 is 28.2 Å². The Morgan fingerprint density at radius 1 is 1.03 bits per heavy atom. The molecule has 1 aromatic rings. The molecule has 0 heterocycles. The minimum absolute atomic E-state index is 0.0995. The number of hydrogen-bond donors (Lipinski definition) is 1. The molecule has 9 heteroatoms. The molecule has 0 aliphatic heterocycles. The summed E-state index contributed by atoms with van der Waals surface area (Å²) in [5, 5.41) is 9.79. The number of ether oxygens (including phenoxy) is 2. The number of carboxylic acids is 1. The Morgan fingerprint density at radius 3 is 2.03 bits per heavy atom. The van der Waals surface area contributed by atoms with Crippen LogP contribution in [0.25, 0.3) is 6.08 Å². The minimum Gasteiger partial charge on any atom is -0.493 e. The Balaban J connectivity index is 2.88. The van der Waals surface area contributed by atoms with Crippen molar-refractivity contribution in [2.45, 2.75) is 64.6 Å². The quantitative estimate of drug-likeness (QED) is 0.233. The largest absolute Gasteiger partial charge is 0.493 e. The van der Waals surface area contributed by atoms with Gasteiger partial charge in [0.25, 0.3) is 0 Å². The fraction of sp³-hybridized carbons (Fsp3) is 0.591. The van der Waals surface area contributed by atoms with Crippen molar-refractivity contribution in [2.24, 2.45) is 5.92 Å². The Labute approximate surface area is 192 Å². The van der Waals surface area contributed by atoms with Gasteiger partial charge in [-0.2, -0.15) is 0 Å². The van der Waals surface area contributed by atoms with Crippen LogP contribution in [0.2, 0.25) is 45.3 Å². The van der Waals surface area contributed by atoms with Crippen molar-refractivity contribution in [3.05, 3.63) is 29.3 Å². The third kappa shape index (κ3) is 10.6. The number of benzene rings is 1. The summed E-state index contributed by atoms with van der Waals surface area (Å²) in [6.07, 6.45) is 2.47. The average Bonchev–Trinajstić information content (AvgIpc) is 2.62. The fourth-order valence-corrected chi connectivity index (χ4v) is 7.96. The SMILES string of the molecule is COc1ccc(C=C(C(=O)O)C(C)CC[Si]C(O[Si](C)(C)C)O[Si](C)(C)C)cc1OC. The topological polar surface area (TPSA) is 74.2 Å². The molecule has 0 fully saturated rings. The van der Waals surface area contributed by atoms with Crippen LogP contribution in [0.15, 0.2) is 23.8 Å². The van der Waals surface area contributed by atoms with E-state index in [0.29, 0.717) is 26.6 Å². The van der Waals surface area contributed by atoms with Gasteiger partial charge in [0.1, 0.15) is 15.4 Å². The first kappa shape index (κ1) is 27.6. The zero-order valence-electron chi connectivity index (χ0n) is 20.4. The average molecular weight is 483 g/mol. The molecule has 0 saturated carbocycles. The maximum atomic E-state index is 11.9. The molecular formula is C22H38O6Si3. The molecule has 1 rings (SSSR count). The molecule has 0 spiro atoms. The third-order valence-corrected chi connectivity index (χ3v) is 7.78. The number of methoxy groups -OCH3 is 2. The van der Waals surface area contributed by atoms with Crippen LogP contribution in [0.5, 0.6) is 11.5 Å². The zero-order valence-corrected chi connectivity index (χ0v) is 23.4. The van der Waals surface area contributed by atoms with E-state index < -0.39 is 22.6 Å². The summed E-state index contributed by atoms with van der Waals surface area (Å²) in [6.45, 7) is 14.9. The smallest absolute Gasteiger partial charge is 0.331 e. The second-order valence-corrected chi connectivity index (χ2v) is 19.8. The van der Waals surface area contributed by atoms with Crippen molar-refractivity contribution in [3.63, 3.8) is 0 Å². The summed E-state index contributed by atoms with van der Waals surface area (Å²) >= 11 is 0. The molecule has 0 amide bonds. The molecule has 2 radical (unpaired) electrons. The van der Waals surface area contributed by atoms with E-state index in [1.807, 2.05) is 13.0 Å². The second kappa shape index (κ2) is 12.0. The predicted octanol–water partition coefficient (Wildman–Crippen LogP) is 5.31. The highest BCUT2D eigenvalue weighted by atomic mass is 28.4. The van der Waals surface area contributed by atoms with Gasteiger partial charge < -0.3 is 23.4 Å². The van der Waals surface area contributed by atoms with Crippen LogP contribution in [0.4, 0.5) is 0 Å². The minimum atomic E-state index is -1.73. The van der Waals surface area contributed by atoms with Gasteiger partial charge in [-0.15, -0.1) is 0 Å². The first-order chi connectivity index (χ1) is 14.3. The predicted molar refractivity (Wildman–Crippen MR) is 132 cm³/mol. The molecule has 1 N–H and O–H groups in total. The number of carbonyl (C=O) groups is 1. The third-order valence-electron chi connectivity index (χ3n) is 4.32. The lowest BCUT2D eigenvalue weighted by atomic mass is 9.96. The molecule has 0 aromatic heterocycles. The van der Waals surface area contributed by atoms with Crippen LogP contribution in [0, 0.1) is 5.92 Å². The molecule has 1 unspecified atom stereocenters. The standard InChI is InChI=1S/C22H38O6Si3/c1-16(12-13-29-22(27-30(4,5)6)28-31(7,8)9)18(21(23)24)14-17-10-11-19(25-2)20(15-17)26-3/h10-11,14-16,22H,12-13H2,1-9H3,(H,23,24). The molecular weight excluding hydrogens is 444 g/mol. The number of carboxylic acid groups (broad SMARTS) is 1. The summed E-state index contributed by atoms with van der Waals surface area (Å²) in [4.78, 5) is 11.9. The fourth-order valence-electron chi connectivity index (χ4n) is 2.86. The molecule has 0 aliphatic rings. The summed E-state index contributed by atoms with van der Waals surface area (Å²) in [7, 11) is 0.162. The van der Waals surface area contributed by atoms with Gasteiger partial charge in [-0.05, 0) is 75.4 Å². The molecule has 0 bridgehead atoms. The van der Waals surface area contributed by atoms with Crippen molar-refractivity contribution >= 4 is 38.2 Å². The highest BCUT2D eigenvalue weighted by Gasteiger charge is 2.27. The van der Waals surface area contributed by atoms with Gasteiger partial charge in [0.05, 0.1) is 14.2 Å². The van der Waals surface area contributed by atoms with Crippen LogP contribution in [-0.2, 0) is 13.6 Å². The molecule has 0 saturated heterocycles. The first-order valence-electron chi connectivity index (χ1n) is 10.5. The van der Waals surface area contributed by atoms with Gasteiger partial charge in [0.2, 0.25) is 0 Å². The van der Waals surface area contributed by atoms with Crippen LogP contribution in [0.1, 0.15) is 18.9 Å². The van der Waals surface area contributed by atoms with Gasteiger partial charge in [0.15, 0.2) is 28.1 Å². The van der Waals surface area contributed by atoms with Crippen molar-refractivity contribution in [3.8, 4) is 11.5 Å². The van der Waals surface area contributed by atoms with Crippen molar-refractivity contribution in [1.29, 1.82) is 0 Å². The lowest BCUT2D eigenvalue weighted by Gasteiger charge is -2.31. The van der Waals surface area contributed by atoms with E-state index in [9.17, 15) is 9.90 Å². The van der Waals surface area contributed by atoms with E-state index in [1.54, 1.807) is 32.4 Å². The van der Waals surface area contributed by atoms with Crippen LogP contribution in [-0.4, -0.2) is 57.4 Å². The van der Waals surface area contributed by atoms with E-state index in [1.165, 1.54) is 0 Å². The molecule has 6 nitrogen and oxygen atoms in total. The zero-order chi connectivity index (χ0) is 23.8. The lowest BCUT2D eigenvalue weighted by Crippen LogP contribution is -2.43. The monoisotopic (exact) mass is 482 g/mol. The van der Waals surface area contributed by atoms with Crippen LogP contribution >= 0.6 is 0 Å². The summed E-state index contributed by atoms with van der Waals surface area (Å²) in [5.41, 5.74) is 1.15. The Morgan fingerprint density at radius 2 is 1.58 bits per heavy atom. The summed E-state index contributed by atoms with van der Waals surface area (Å²) in [6, 6.07) is 6.26. The van der Waals surface area contributed by atoms with Crippen LogP contribution in [0.3, 0.4) is 0 Å². The molecule has 1 aromatic carbocycles. The number of rotatable bonds is 13. The van der Waals surface area contributed by atoms with E-state index in [2.05, 4.69) is 39.3 Å². The Kier molecular flexibility index (Phi) is 10.7. The van der Waals surface area contributed by atoms with Gasteiger partial charge in [-0.25, -0.2) is 4.79 Å². The molecule has 0 aliphatic carbocycles. The van der Waals surface area contributed by atoms with Gasteiger partial charge >= 0.3 is 5.97 Å². The highest BCUT2D eigenvalue weighted by molar-refractivity contribution is 6.71. The maximum absolute atomic E-state index is 11.9. The lowest BCUT2D eigenvalue weighted by molar-refractivity contribution is -0.133. The Hall–Kier alpha value is -1.40. The van der Waals surface area contributed by atoms with E-state index in [0.717, 1.165) is 18.0 Å². The Bertz CT molecular complexity index is 737. The summed E-state index contributed by atoms with van der Waals surface area (Å²) < 4.78 is 23.1. The van der Waals surface area contributed by atoms with E-state index in [4.69, 9.17) is 18.3 Å². The van der Waals surface area contributed by atoms with Gasteiger partial charge in [0, 0.05) is 5.57 Å². The van der Waals surface area contributed by atoms with E-state index >= 15 is 0 Å². The van der Waals surface area contributed by atoms with E-state index in [-0.39, 0.29) is 11.8 Å². The molecule has 1 atom stereocenters. The van der Waals surface area contributed by atoms with Crippen molar-refractivity contribution in [1.82, 2.24) is 0 Å². The number of aliphatic carboxylic acids is 1. The number of hydrogen-bond acceptors (Lipinski definition) is 5.